The van der Waals surface area contributed by atoms with Crippen molar-refractivity contribution in [2.75, 3.05) is 6.61 Å². The summed E-state index contributed by atoms with van der Waals surface area (Å²) in [6.45, 7) is 2.29. The van der Waals surface area contributed by atoms with Crippen LogP contribution in [0.5, 0.6) is 0 Å². The van der Waals surface area contributed by atoms with E-state index in [0.29, 0.717) is 6.61 Å². The van der Waals surface area contributed by atoms with E-state index in [1.165, 1.54) is 18.2 Å². The fourth-order valence-electron chi connectivity index (χ4n) is 1.05. The maximum atomic E-state index is 11.4. The van der Waals surface area contributed by atoms with Crippen LogP contribution in [0, 0.1) is 0 Å². The Kier molecular flexibility index (Phi) is 4.44. The Morgan fingerprint density at radius 2 is 2.06 bits per heavy atom. The summed E-state index contributed by atoms with van der Waals surface area (Å²) in [5, 5.41) is 10.5. The highest BCUT2D eigenvalue weighted by Crippen LogP contribution is 2.01. The van der Waals surface area contributed by atoms with Crippen molar-refractivity contribution in [3.63, 3.8) is 0 Å². The number of aromatic carboxylic acids is 1. The van der Waals surface area contributed by atoms with Crippen LogP contribution in [-0.4, -0.2) is 23.5 Å². The second-order valence-corrected chi connectivity index (χ2v) is 3.18. The van der Waals surface area contributed by atoms with Crippen molar-refractivity contribution >= 4 is 11.9 Å². The van der Waals surface area contributed by atoms with E-state index in [2.05, 4.69) is 4.98 Å². The van der Waals surface area contributed by atoms with Gasteiger partial charge in [-0.1, -0.05) is 19.4 Å². The number of carbonyl (C=O) groups is 2. The smallest absolute Gasteiger partial charge is 0.356 e. The first-order valence-corrected chi connectivity index (χ1v) is 5.00. The summed E-state index contributed by atoms with van der Waals surface area (Å²) >= 11 is 0. The Labute approximate surface area is 93.1 Å². The molecule has 0 aliphatic heterocycles. The molecule has 1 heterocycles. The molecule has 0 aliphatic carbocycles. The zero-order valence-corrected chi connectivity index (χ0v) is 8.93. The van der Waals surface area contributed by atoms with Gasteiger partial charge in [0.05, 0.1) is 18.3 Å². The fourth-order valence-corrected chi connectivity index (χ4v) is 1.05. The average Bonchev–Trinajstić information content (AvgIpc) is 2.29. The molecule has 0 N–H and O–H groups in total. The van der Waals surface area contributed by atoms with Gasteiger partial charge in [-0.05, 0) is 18.6 Å². The van der Waals surface area contributed by atoms with Crippen molar-refractivity contribution in [1.82, 2.24) is 4.98 Å². The van der Waals surface area contributed by atoms with Crippen molar-refractivity contribution in [2.45, 2.75) is 19.8 Å². The number of carbonyl (C=O) groups excluding carboxylic acids is 2. The molecule has 5 heteroatoms. The number of carboxylic acids is 1. The lowest BCUT2D eigenvalue weighted by molar-refractivity contribution is -0.255. The van der Waals surface area contributed by atoms with Crippen LogP contribution in [0.25, 0.3) is 0 Å². The molecule has 0 unspecified atom stereocenters. The van der Waals surface area contributed by atoms with Gasteiger partial charge >= 0.3 is 5.97 Å². The van der Waals surface area contributed by atoms with E-state index in [1.54, 1.807) is 0 Å². The predicted octanol–water partition coefficient (Wildman–Crippen LogP) is 0.402. The van der Waals surface area contributed by atoms with Crippen molar-refractivity contribution in [3.05, 3.63) is 29.6 Å². The van der Waals surface area contributed by atoms with Crippen LogP contribution < -0.4 is 5.11 Å². The number of hydrogen-bond acceptors (Lipinski definition) is 5. The molecule has 0 bridgehead atoms. The lowest BCUT2D eigenvalue weighted by atomic mass is 10.3. The zero-order valence-electron chi connectivity index (χ0n) is 8.93. The highest BCUT2D eigenvalue weighted by atomic mass is 16.5. The number of aromatic nitrogens is 1. The molecular formula is C11H12NO4-. The van der Waals surface area contributed by atoms with E-state index >= 15 is 0 Å². The number of ether oxygens (including phenoxy) is 1. The quantitative estimate of drug-likeness (QED) is 0.532. The van der Waals surface area contributed by atoms with Crippen molar-refractivity contribution in [3.8, 4) is 0 Å². The topological polar surface area (TPSA) is 79.3 Å². The van der Waals surface area contributed by atoms with Crippen LogP contribution in [0.1, 0.15) is 40.7 Å². The first-order valence-electron chi connectivity index (χ1n) is 5.00. The van der Waals surface area contributed by atoms with E-state index in [4.69, 9.17) is 4.74 Å². The number of pyridine rings is 1. The Morgan fingerprint density at radius 3 is 2.69 bits per heavy atom. The Hall–Kier alpha value is -1.91. The molecule has 0 spiro atoms. The van der Waals surface area contributed by atoms with E-state index in [1.807, 2.05) is 6.92 Å². The molecule has 0 saturated carbocycles. The van der Waals surface area contributed by atoms with Crippen LogP contribution in [0.3, 0.4) is 0 Å². The summed E-state index contributed by atoms with van der Waals surface area (Å²) in [4.78, 5) is 25.5. The van der Waals surface area contributed by atoms with Gasteiger partial charge in [0.25, 0.3) is 0 Å². The summed E-state index contributed by atoms with van der Waals surface area (Å²) in [6, 6.07) is 4.09. The Bertz CT molecular complexity index is 389. The Morgan fingerprint density at radius 1 is 1.38 bits per heavy atom. The van der Waals surface area contributed by atoms with Gasteiger partial charge in [0, 0.05) is 0 Å². The van der Waals surface area contributed by atoms with Crippen LogP contribution in [-0.2, 0) is 4.74 Å². The minimum Gasteiger partial charge on any atom is -0.543 e. The zero-order chi connectivity index (χ0) is 12.0. The first-order chi connectivity index (χ1) is 7.65. The molecule has 0 radical (unpaired) electrons. The molecule has 0 saturated heterocycles. The molecule has 1 rings (SSSR count). The van der Waals surface area contributed by atoms with Gasteiger partial charge in [0.1, 0.15) is 5.69 Å². The molecule has 0 aromatic carbocycles. The fraction of sp³-hybridized carbons (Fsp3) is 0.364. The van der Waals surface area contributed by atoms with Gasteiger partial charge in [0.15, 0.2) is 0 Å². The monoisotopic (exact) mass is 222 g/mol. The minimum atomic E-state index is -1.41. The van der Waals surface area contributed by atoms with E-state index in [9.17, 15) is 14.7 Å². The SMILES string of the molecule is CCCCOC(=O)c1cccc(C(=O)[O-])n1. The number of esters is 1. The summed E-state index contributed by atoms with van der Waals surface area (Å²) in [6.07, 6.45) is 1.69. The van der Waals surface area contributed by atoms with Gasteiger partial charge in [-0.2, -0.15) is 0 Å². The normalized spacial score (nSPS) is 9.81. The molecule has 0 aliphatic rings. The molecule has 5 nitrogen and oxygen atoms in total. The van der Waals surface area contributed by atoms with E-state index < -0.39 is 11.9 Å². The molecule has 1 aromatic rings. The number of unbranched alkanes of at least 4 members (excludes halogenated alkanes) is 1. The van der Waals surface area contributed by atoms with Gasteiger partial charge in [-0.3, -0.25) is 0 Å². The second kappa shape index (κ2) is 5.85. The summed E-state index contributed by atoms with van der Waals surface area (Å²) < 4.78 is 4.89. The van der Waals surface area contributed by atoms with Gasteiger partial charge in [-0.15, -0.1) is 0 Å². The van der Waals surface area contributed by atoms with Crippen LogP contribution in [0.15, 0.2) is 18.2 Å². The molecule has 0 atom stereocenters. The molecule has 86 valence electrons. The predicted molar refractivity (Wildman–Crippen MR) is 53.8 cm³/mol. The van der Waals surface area contributed by atoms with Crippen molar-refractivity contribution < 1.29 is 19.4 Å². The number of carboxylic acid groups (broad SMARTS) is 1. The minimum absolute atomic E-state index is 0.0159. The van der Waals surface area contributed by atoms with Gasteiger partial charge in [0.2, 0.25) is 0 Å². The summed E-state index contributed by atoms with van der Waals surface area (Å²) in [7, 11) is 0. The number of rotatable bonds is 5. The summed E-state index contributed by atoms with van der Waals surface area (Å²) in [5.74, 6) is -2.03. The third kappa shape index (κ3) is 3.34. The number of nitrogens with zero attached hydrogens (tertiary/aromatic N) is 1. The van der Waals surface area contributed by atoms with Crippen LogP contribution >= 0.6 is 0 Å². The maximum Gasteiger partial charge on any atom is 0.356 e. The van der Waals surface area contributed by atoms with Crippen molar-refractivity contribution in [2.24, 2.45) is 0 Å². The largest absolute Gasteiger partial charge is 0.543 e. The van der Waals surface area contributed by atoms with Crippen LogP contribution in [0.4, 0.5) is 0 Å². The summed E-state index contributed by atoms with van der Waals surface area (Å²) in [5.41, 5.74) is -0.289. The lowest BCUT2D eigenvalue weighted by Gasteiger charge is -2.05. The second-order valence-electron chi connectivity index (χ2n) is 3.18. The molecule has 0 fully saturated rings. The Balaban J connectivity index is 2.68. The first kappa shape index (κ1) is 12.2. The van der Waals surface area contributed by atoms with E-state index in [0.717, 1.165) is 12.8 Å². The number of hydrogen-bond donors (Lipinski definition) is 0. The third-order valence-electron chi connectivity index (χ3n) is 1.90. The maximum absolute atomic E-state index is 11.4. The third-order valence-corrected chi connectivity index (χ3v) is 1.90. The van der Waals surface area contributed by atoms with Gasteiger partial charge in [-0.25, -0.2) is 9.78 Å². The average molecular weight is 222 g/mol. The highest BCUT2D eigenvalue weighted by molar-refractivity contribution is 5.90. The molecular weight excluding hydrogens is 210 g/mol. The van der Waals surface area contributed by atoms with Gasteiger partial charge < -0.3 is 14.6 Å². The molecule has 0 amide bonds. The lowest BCUT2D eigenvalue weighted by Crippen LogP contribution is -2.24. The van der Waals surface area contributed by atoms with Crippen LogP contribution in [0.2, 0.25) is 0 Å². The molecule has 16 heavy (non-hydrogen) atoms. The molecule has 1 aromatic heterocycles. The highest BCUT2D eigenvalue weighted by Gasteiger charge is 2.09. The van der Waals surface area contributed by atoms with E-state index in [-0.39, 0.29) is 11.4 Å². The van der Waals surface area contributed by atoms with Crippen molar-refractivity contribution in [1.29, 1.82) is 0 Å². The standard InChI is InChI=1S/C11H13NO4/c1-2-3-7-16-11(15)9-6-4-5-8(12-9)10(13)14/h4-6H,2-3,7H2,1H3,(H,13,14)/p-1.